The van der Waals surface area contributed by atoms with Crippen LogP contribution in [0.3, 0.4) is 0 Å². The zero-order chi connectivity index (χ0) is 14.5. The van der Waals surface area contributed by atoms with E-state index in [0.29, 0.717) is 0 Å². The van der Waals surface area contributed by atoms with Crippen molar-refractivity contribution in [1.29, 1.82) is 0 Å². The highest BCUT2D eigenvalue weighted by molar-refractivity contribution is 6.31. The van der Waals surface area contributed by atoms with Gasteiger partial charge in [0.2, 0.25) is 0 Å². The first-order chi connectivity index (χ1) is 9.69. The molecule has 20 heavy (non-hydrogen) atoms. The number of hydrogen-bond acceptors (Lipinski definition) is 2. The summed E-state index contributed by atoms with van der Waals surface area (Å²) < 4.78 is 2.06. The van der Waals surface area contributed by atoms with Gasteiger partial charge in [-0.05, 0) is 45.1 Å². The van der Waals surface area contributed by atoms with E-state index in [-0.39, 0.29) is 0 Å². The van der Waals surface area contributed by atoms with Crippen LogP contribution < -0.4 is 0 Å². The van der Waals surface area contributed by atoms with Gasteiger partial charge in [-0.2, -0.15) is 5.10 Å². The lowest BCUT2D eigenvalue weighted by molar-refractivity contribution is 0.161. The van der Waals surface area contributed by atoms with E-state index >= 15 is 0 Å². The van der Waals surface area contributed by atoms with Crippen LogP contribution >= 0.6 is 23.2 Å². The monoisotopic (exact) mass is 317 g/mol. The quantitative estimate of drug-likeness (QED) is 0.740. The summed E-state index contributed by atoms with van der Waals surface area (Å²) in [5.41, 5.74) is 2.20. The Bertz CT molecular complexity index is 429. The molecule has 1 unspecified atom stereocenters. The molecule has 1 aromatic heterocycles. The van der Waals surface area contributed by atoms with Gasteiger partial charge in [-0.15, -0.1) is 11.6 Å². The first kappa shape index (κ1) is 16.1. The Labute approximate surface area is 132 Å². The van der Waals surface area contributed by atoms with E-state index in [9.17, 15) is 0 Å². The minimum absolute atomic E-state index is 0.740. The second-order valence-electron chi connectivity index (χ2n) is 5.60. The van der Waals surface area contributed by atoms with Gasteiger partial charge in [0.15, 0.2) is 0 Å². The number of aromatic nitrogens is 2. The van der Waals surface area contributed by atoms with Crippen LogP contribution in [0.15, 0.2) is 0 Å². The van der Waals surface area contributed by atoms with E-state index in [2.05, 4.69) is 28.5 Å². The summed E-state index contributed by atoms with van der Waals surface area (Å²) in [4.78, 5) is 2.51. The number of rotatable bonds is 6. The molecule has 0 bridgehead atoms. The third kappa shape index (κ3) is 3.69. The van der Waals surface area contributed by atoms with Crippen molar-refractivity contribution in [2.45, 2.75) is 52.6 Å². The van der Waals surface area contributed by atoms with Crippen LogP contribution in [0.2, 0.25) is 5.02 Å². The molecule has 2 rings (SSSR count). The summed E-state index contributed by atoms with van der Waals surface area (Å²) in [6.07, 6.45) is 4.59. The predicted molar refractivity (Wildman–Crippen MR) is 85.6 cm³/mol. The highest BCUT2D eigenvalue weighted by atomic mass is 35.5. The largest absolute Gasteiger partial charge is 0.297 e. The predicted octanol–water partition coefficient (Wildman–Crippen LogP) is 3.96. The van der Waals surface area contributed by atoms with Gasteiger partial charge in [-0.3, -0.25) is 9.58 Å². The van der Waals surface area contributed by atoms with E-state index < -0.39 is 0 Å². The Morgan fingerprint density at radius 2 is 2.15 bits per heavy atom. The van der Waals surface area contributed by atoms with Crippen LogP contribution in [0.25, 0.3) is 0 Å². The van der Waals surface area contributed by atoms with E-state index in [1.165, 1.54) is 18.5 Å². The molecule has 1 atom stereocenters. The Morgan fingerprint density at radius 3 is 2.80 bits per heavy atom. The van der Waals surface area contributed by atoms with Crippen molar-refractivity contribution in [1.82, 2.24) is 14.7 Å². The molecule has 1 fully saturated rings. The summed E-state index contributed by atoms with van der Waals surface area (Å²) >= 11 is 12.4. The lowest BCUT2D eigenvalue weighted by atomic mass is 9.95. The number of alkyl halides is 1. The maximum absolute atomic E-state index is 6.49. The summed E-state index contributed by atoms with van der Waals surface area (Å²) in [6, 6.07) is 0. The number of halogens is 2. The highest BCUT2D eigenvalue weighted by Crippen LogP contribution is 2.26. The lowest BCUT2D eigenvalue weighted by Crippen LogP contribution is -2.35. The molecule has 1 saturated heterocycles. The lowest BCUT2D eigenvalue weighted by Gasteiger charge is -2.32. The zero-order valence-electron chi connectivity index (χ0n) is 12.5. The number of hydrogen-bond donors (Lipinski definition) is 0. The van der Waals surface area contributed by atoms with Crippen LogP contribution in [0.5, 0.6) is 0 Å². The molecule has 0 N–H and O–H groups in total. The average Bonchev–Trinajstić information content (AvgIpc) is 2.76. The highest BCUT2D eigenvalue weighted by Gasteiger charge is 2.22. The first-order valence-electron chi connectivity index (χ1n) is 7.71. The summed E-state index contributed by atoms with van der Waals surface area (Å²) in [6.45, 7) is 8.32. The molecule has 0 saturated carbocycles. The zero-order valence-corrected chi connectivity index (χ0v) is 14.1. The molecule has 1 aliphatic rings. The van der Waals surface area contributed by atoms with Gasteiger partial charge >= 0.3 is 0 Å². The Balaban J connectivity index is 2.07. The number of piperidine rings is 1. The normalized spacial score (nSPS) is 20.5. The van der Waals surface area contributed by atoms with Crippen LogP contribution in [-0.4, -0.2) is 33.6 Å². The second-order valence-corrected chi connectivity index (χ2v) is 6.35. The van der Waals surface area contributed by atoms with E-state index in [4.69, 9.17) is 23.2 Å². The van der Waals surface area contributed by atoms with Crippen molar-refractivity contribution >= 4 is 23.2 Å². The van der Waals surface area contributed by atoms with E-state index in [0.717, 1.165) is 61.5 Å². The van der Waals surface area contributed by atoms with Gasteiger partial charge in [0, 0.05) is 25.5 Å². The summed E-state index contributed by atoms with van der Waals surface area (Å²) in [5.74, 6) is 1.51. The van der Waals surface area contributed by atoms with Crippen LogP contribution in [0.1, 0.15) is 44.5 Å². The van der Waals surface area contributed by atoms with E-state index in [1.807, 2.05) is 0 Å². The van der Waals surface area contributed by atoms with Crippen molar-refractivity contribution in [2.75, 3.05) is 19.0 Å². The van der Waals surface area contributed by atoms with Crippen molar-refractivity contribution in [3.63, 3.8) is 0 Å². The number of aryl methyl sites for hydroxylation is 2. The molecule has 0 aromatic carbocycles. The van der Waals surface area contributed by atoms with Crippen LogP contribution in [0, 0.1) is 5.92 Å². The molecule has 1 aliphatic heterocycles. The van der Waals surface area contributed by atoms with Crippen molar-refractivity contribution in [3.8, 4) is 0 Å². The van der Waals surface area contributed by atoms with E-state index in [1.54, 1.807) is 0 Å². The second kappa shape index (κ2) is 7.67. The van der Waals surface area contributed by atoms with Gasteiger partial charge in [0.25, 0.3) is 0 Å². The van der Waals surface area contributed by atoms with Crippen molar-refractivity contribution < 1.29 is 0 Å². The van der Waals surface area contributed by atoms with Crippen LogP contribution in [0.4, 0.5) is 0 Å². The van der Waals surface area contributed by atoms with Crippen LogP contribution in [-0.2, 0) is 19.5 Å². The Hall–Kier alpha value is -0.250. The molecular formula is C15H25Cl2N3. The molecule has 1 aromatic rings. The van der Waals surface area contributed by atoms with Gasteiger partial charge < -0.3 is 0 Å². The third-order valence-electron chi connectivity index (χ3n) is 4.19. The minimum Gasteiger partial charge on any atom is -0.297 e. The van der Waals surface area contributed by atoms with Gasteiger partial charge in [-0.25, -0.2) is 0 Å². The molecule has 0 aliphatic carbocycles. The summed E-state index contributed by atoms with van der Waals surface area (Å²) in [5, 5.41) is 5.47. The molecule has 0 radical (unpaired) electrons. The standard InChI is InChI=1S/C15H25Cl2N3/c1-3-13-15(17)14(20(4-2)18-13)11-19-9-5-6-12(10-19)7-8-16/h12H,3-11H2,1-2H3. The Morgan fingerprint density at radius 1 is 1.35 bits per heavy atom. The molecule has 114 valence electrons. The van der Waals surface area contributed by atoms with Crippen molar-refractivity contribution in [2.24, 2.45) is 5.92 Å². The van der Waals surface area contributed by atoms with Gasteiger partial charge in [0.1, 0.15) is 0 Å². The molecule has 5 heteroatoms. The number of likely N-dealkylation sites (tertiary alicyclic amines) is 1. The fourth-order valence-corrected chi connectivity index (χ4v) is 3.70. The topological polar surface area (TPSA) is 21.1 Å². The summed E-state index contributed by atoms with van der Waals surface area (Å²) in [7, 11) is 0. The average molecular weight is 318 g/mol. The third-order valence-corrected chi connectivity index (χ3v) is 4.84. The molecule has 2 heterocycles. The smallest absolute Gasteiger partial charge is 0.0863 e. The number of nitrogens with zero attached hydrogens (tertiary/aromatic N) is 3. The molecule has 0 amide bonds. The maximum Gasteiger partial charge on any atom is 0.0863 e. The Kier molecular flexibility index (Phi) is 6.19. The maximum atomic E-state index is 6.49. The van der Waals surface area contributed by atoms with Gasteiger partial charge in [-0.1, -0.05) is 18.5 Å². The molecule has 3 nitrogen and oxygen atoms in total. The first-order valence-corrected chi connectivity index (χ1v) is 8.63. The minimum atomic E-state index is 0.740. The SMILES string of the molecule is CCc1nn(CC)c(CN2CCCC(CCCl)C2)c1Cl. The molecular weight excluding hydrogens is 293 g/mol. The van der Waals surface area contributed by atoms with Gasteiger partial charge in [0.05, 0.1) is 16.4 Å². The fourth-order valence-electron chi connectivity index (χ4n) is 3.06. The molecule has 0 spiro atoms. The van der Waals surface area contributed by atoms with Crippen molar-refractivity contribution in [3.05, 3.63) is 16.4 Å². The fraction of sp³-hybridized carbons (Fsp3) is 0.800.